The van der Waals surface area contributed by atoms with Gasteiger partial charge in [-0.2, -0.15) is 0 Å². The van der Waals surface area contributed by atoms with Crippen molar-refractivity contribution in [2.75, 3.05) is 24.7 Å². The molecule has 0 bridgehead atoms. The molecule has 0 fully saturated rings. The van der Waals surface area contributed by atoms with Gasteiger partial charge < -0.3 is 19.4 Å². The molecule has 8 nitrogen and oxygen atoms in total. The van der Waals surface area contributed by atoms with E-state index in [-0.39, 0.29) is 30.7 Å². The molecule has 0 saturated carbocycles. The number of rotatable bonds is 9. The fourth-order valence-corrected chi connectivity index (χ4v) is 3.76. The van der Waals surface area contributed by atoms with E-state index in [1.165, 1.54) is 30.0 Å². The van der Waals surface area contributed by atoms with E-state index in [4.69, 9.17) is 9.15 Å². The zero-order valence-corrected chi connectivity index (χ0v) is 18.4. The van der Waals surface area contributed by atoms with Crippen LogP contribution in [0.1, 0.15) is 17.1 Å². The summed E-state index contributed by atoms with van der Waals surface area (Å²) in [7, 11) is 1.53. The Bertz CT molecular complexity index is 1020. The Morgan fingerprint density at radius 3 is 2.55 bits per heavy atom. The van der Waals surface area contributed by atoms with Gasteiger partial charge >= 0.3 is 0 Å². The third kappa shape index (κ3) is 6.58. The number of aryl methyl sites for hydroxylation is 2. The van der Waals surface area contributed by atoms with E-state index < -0.39 is 0 Å². The first-order valence-corrected chi connectivity index (χ1v) is 10.6. The van der Waals surface area contributed by atoms with Gasteiger partial charge in [0.1, 0.15) is 18.1 Å². The summed E-state index contributed by atoms with van der Waals surface area (Å²) in [5.74, 6) is 0.677. The Kier molecular flexibility index (Phi) is 7.66. The molecular formula is C22H24N4O4S. The van der Waals surface area contributed by atoms with Crippen molar-refractivity contribution in [1.29, 1.82) is 0 Å². The van der Waals surface area contributed by atoms with Gasteiger partial charge in [0.15, 0.2) is 5.16 Å². The summed E-state index contributed by atoms with van der Waals surface area (Å²) in [5.41, 5.74) is 2.22. The summed E-state index contributed by atoms with van der Waals surface area (Å²) in [6, 6.07) is 12.5. The van der Waals surface area contributed by atoms with E-state index in [1.807, 2.05) is 26.0 Å². The fraction of sp³-hybridized carbons (Fsp3) is 0.273. The number of hydrogen-bond donors (Lipinski definition) is 1. The molecule has 3 aromatic rings. The van der Waals surface area contributed by atoms with Gasteiger partial charge in [-0.15, -0.1) is 0 Å². The average Bonchev–Trinajstić information content (AvgIpc) is 3.24. The lowest BCUT2D eigenvalue weighted by Crippen LogP contribution is -2.38. The number of benzene rings is 1. The van der Waals surface area contributed by atoms with Crippen molar-refractivity contribution in [2.45, 2.75) is 25.5 Å². The maximum absolute atomic E-state index is 12.9. The van der Waals surface area contributed by atoms with Crippen LogP contribution in [0.3, 0.4) is 0 Å². The van der Waals surface area contributed by atoms with Crippen LogP contribution in [0.15, 0.2) is 58.3 Å². The first kappa shape index (κ1) is 22.4. The first-order chi connectivity index (χ1) is 14.9. The van der Waals surface area contributed by atoms with Crippen LogP contribution in [-0.4, -0.2) is 46.1 Å². The van der Waals surface area contributed by atoms with Crippen LogP contribution in [0.4, 0.5) is 5.69 Å². The van der Waals surface area contributed by atoms with Crippen molar-refractivity contribution in [1.82, 2.24) is 14.9 Å². The van der Waals surface area contributed by atoms with Crippen LogP contribution in [0.2, 0.25) is 0 Å². The second-order valence-corrected chi connectivity index (χ2v) is 7.74. The number of hydrogen-bond acceptors (Lipinski definition) is 7. The van der Waals surface area contributed by atoms with Gasteiger partial charge in [0.25, 0.3) is 0 Å². The molecular weight excluding hydrogens is 416 g/mol. The van der Waals surface area contributed by atoms with E-state index in [1.54, 1.807) is 30.3 Å². The lowest BCUT2D eigenvalue weighted by atomic mass is 10.3. The number of nitrogens with zero attached hydrogens (tertiary/aromatic N) is 3. The summed E-state index contributed by atoms with van der Waals surface area (Å²) < 4.78 is 10.6. The number of carbonyl (C=O) groups excluding carboxylic acids is 2. The van der Waals surface area contributed by atoms with Crippen molar-refractivity contribution >= 4 is 29.3 Å². The normalized spacial score (nSPS) is 10.5. The quantitative estimate of drug-likeness (QED) is 0.402. The number of methoxy groups -OCH3 is 1. The smallest absolute Gasteiger partial charge is 0.244 e. The van der Waals surface area contributed by atoms with Gasteiger partial charge in [-0.1, -0.05) is 23.9 Å². The minimum absolute atomic E-state index is 0.103. The highest BCUT2D eigenvalue weighted by Crippen LogP contribution is 2.23. The summed E-state index contributed by atoms with van der Waals surface area (Å²) in [5, 5.41) is 3.33. The first-order valence-electron chi connectivity index (χ1n) is 9.62. The Balaban J connectivity index is 1.68. The molecule has 0 unspecified atom stereocenters. The topological polar surface area (TPSA) is 97.6 Å². The Morgan fingerprint density at radius 2 is 1.87 bits per heavy atom. The molecule has 0 aliphatic carbocycles. The monoisotopic (exact) mass is 440 g/mol. The molecule has 1 aromatic carbocycles. The molecule has 0 aliphatic rings. The molecule has 9 heteroatoms. The number of ether oxygens (including phenoxy) is 1. The van der Waals surface area contributed by atoms with Gasteiger partial charge in [-0.05, 0) is 44.2 Å². The molecule has 2 heterocycles. The third-order valence-corrected chi connectivity index (χ3v) is 5.11. The van der Waals surface area contributed by atoms with Gasteiger partial charge in [-0.25, -0.2) is 9.97 Å². The lowest BCUT2D eigenvalue weighted by Gasteiger charge is -2.21. The van der Waals surface area contributed by atoms with Gasteiger partial charge in [0.2, 0.25) is 11.8 Å². The lowest BCUT2D eigenvalue weighted by molar-refractivity contribution is -0.133. The Morgan fingerprint density at radius 1 is 1.13 bits per heavy atom. The standard InChI is InChI=1S/C22H24N4O4S/c1-15-11-16(2)24-22(23-15)31-14-21(28)26(12-17-7-6-10-30-17)13-20(27)25-18-8-4-5-9-19(18)29-3/h4-11H,12-14H2,1-3H3,(H,25,27). The second kappa shape index (κ2) is 10.6. The van der Waals surface area contributed by atoms with Gasteiger partial charge in [-0.3, -0.25) is 9.59 Å². The predicted molar refractivity (Wildman–Crippen MR) is 118 cm³/mol. The second-order valence-electron chi connectivity index (χ2n) is 6.80. The minimum atomic E-state index is -0.336. The highest BCUT2D eigenvalue weighted by atomic mass is 32.2. The van der Waals surface area contributed by atoms with Crippen molar-refractivity contribution in [3.05, 3.63) is 65.9 Å². The maximum atomic E-state index is 12.9. The number of thioether (sulfide) groups is 1. The van der Waals surface area contributed by atoms with Crippen molar-refractivity contribution in [3.63, 3.8) is 0 Å². The van der Waals surface area contributed by atoms with Crippen molar-refractivity contribution in [2.24, 2.45) is 0 Å². The largest absolute Gasteiger partial charge is 0.495 e. The molecule has 162 valence electrons. The highest BCUT2D eigenvalue weighted by Gasteiger charge is 2.20. The van der Waals surface area contributed by atoms with Crippen LogP contribution in [0, 0.1) is 13.8 Å². The molecule has 3 rings (SSSR count). The molecule has 2 amide bonds. The zero-order chi connectivity index (χ0) is 22.2. The van der Waals surface area contributed by atoms with Crippen LogP contribution in [0.25, 0.3) is 0 Å². The third-order valence-electron chi connectivity index (χ3n) is 4.28. The molecule has 1 N–H and O–H groups in total. The number of aromatic nitrogens is 2. The van der Waals surface area contributed by atoms with Crippen LogP contribution in [0.5, 0.6) is 5.75 Å². The molecule has 2 aromatic heterocycles. The number of carbonyl (C=O) groups is 2. The molecule has 31 heavy (non-hydrogen) atoms. The number of anilines is 1. The van der Waals surface area contributed by atoms with Crippen LogP contribution < -0.4 is 10.1 Å². The molecule has 0 saturated heterocycles. The fourth-order valence-electron chi connectivity index (χ4n) is 2.91. The summed E-state index contributed by atoms with van der Waals surface area (Å²) in [6.07, 6.45) is 1.53. The van der Waals surface area contributed by atoms with E-state index in [0.717, 1.165) is 11.4 Å². The average molecular weight is 441 g/mol. The van der Waals surface area contributed by atoms with Crippen molar-refractivity contribution < 1.29 is 18.7 Å². The van der Waals surface area contributed by atoms with E-state index in [2.05, 4.69) is 15.3 Å². The SMILES string of the molecule is COc1ccccc1NC(=O)CN(Cc1ccco1)C(=O)CSc1nc(C)cc(C)n1. The molecule has 0 atom stereocenters. The summed E-state index contributed by atoms with van der Waals surface area (Å²) in [4.78, 5) is 35.7. The van der Waals surface area contributed by atoms with Crippen molar-refractivity contribution in [3.8, 4) is 5.75 Å². The van der Waals surface area contributed by atoms with E-state index in [0.29, 0.717) is 22.4 Å². The van der Waals surface area contributed by atoms with E-state index >= 15 is 0 Å². The Labute approximate surface area is 185 Å². The van der Waals surface area contributed by atoms with Gasteiger partial charge in [0, 0.05) is 11.4 Å². The number of amides is 2. The van der Waals surface area contributed by atoms with Crippen LogP contribution in [-0.2, 0) is 16.1 Å². The maximum Gasteiger partial charge on any atom is 0.244 e. The number of nitrogens with one attached hydrogen (secondary N) is 1. The number of furan rings is 1. The van der Waals surface area contributed by atoms with Gasteiger partial charge in [0.05, 0.1) is 31.4 Å². The Hall–Kier alpha value is -3.33. The molecule has 0 radical (unpaired) electrons. The number of para-hydroxylation sites is 2. The molecule has 0 spiro atoms. The zero-order valence-electron chi connectivity index (χ0n) is 17.6. The predicted octanol–water partition coefficient (Wildman–Crippen LogP) is 3.45. The highest BCUT2D eigenvalue weighted by molar-refractivity contribution is 7.99. The summed E-state index contributed by atoms with van der Waals surface area (Å²) >= 11 is 1.24. The van der Waals surface area contributed by atoms with Crippen LogP contribution >= 0.6 is 11.8 Å². The summed E-state index contributed by atoms with van der Waals surface area (Å²) in [6.45, 7) is 3.81. The van der Waals surface area contributed by atoms with E-state index in [9.17, 15) is 9.59 Å². The minimum Gasteiger partial charge on any atom is -0.495 e. The molecule has 0 aliphatic heterocycles.